The molecular weight excluding hydrogens is 380 g/mol. The van der Waals surface area contributed by atoms with Crippen LogP contribution in [0.1, 0.15) is 45.3 Å². The minimum absolute atomic E-state index is 0. The number of anilines is 1. The number of amides is 1. The first-order chi connectivity index (χ1) is 12.6. The summed E-state index contributed by atoms with van der Waals surface area (Å²) in [5.74, 6) is 0.399. The first-order valence-electron chi connectivity index (χ1n) is 8.96. The van der Waals surface area contributed by atoms with Gasteiger partial charge in [-0.15, -0.1) is 23.7 Å². The standard InChI is InChI=1S/C20H22N4OS.ClH/c1-12-3-4-17-15(9-12)10-16(13(2)23-17)19(25)24-20-22-11-18(26-20)14-5-7-21-8-6-14;/h3-4,9-11,14,21H,5-8H2,1-2H3,(H,22,24,25);1H. The molecule has 7 heteroatoms. The number of halogens is 1. The van der Waals surface area contributed by atoms with Crippen molar-refractivity contribution in [2.24, 2.45) is 0 Å². The Morgan fingerprint density at radius 2 is 2.00 bits per heavy atom. The maximum Gasteiger partial charge on any atom is 0.259 e. The maximum atomic E-state index is 12.8. The third-order valence-electron chi connectivity index (χ3n) is 4.89. The van der Waals surface area contributed by atoms with Crippen molar-refractivity contribution in [3.63, 3.8) is 0 Å². The van der Waals surface area contributed by atoms with Crippen LogP contribution in [0.3, 0.4) is 0 Å². The smallest absolute Gasteiger partial charge is 0.259 e. The molecule has 3 heterocycles. The number of thiazole rings is 1. The van der Waals surface area contributed by atoms with Crippen molar-refractivity contribution in [1.29, 1.82) is 0 Å². The minimum atomic E-state index is -0.149. The first-order valence-corrected chi connectivity index (χ1v) is 9.77. The third kappa shape index (κ3) is 4.29. The molecule has 1 saturated heterocycles. The van der Waals surface area contributed by atoms with Crippen molar-refractivity contribution in [1.82, 2.24) is 15.3 Å². The second kappa shape index (κ2) is 8.33. The zero-order chi connectivity index (χ0) is 18.1. The quantitative estimate of drug-likeness (QED) is 0.679. The predicted molar refractivity (Wildman–Crippen MR) is 113 cm³/mol. The van der Waals surface area contributed by atoms with Crippen LogP contribution in [-0.2, 0) is 0 Å². The van der Waals surface area contributed by atoms with Crippen LogP contribution >= 0.6 is 23.7 Å². The van der Waals surface area contributed by atoms with Gasteiger partial charge in [0.25, 0.3) is 5.91 Å². The monoisotopic (exact) mass is 402 g/mol. The van der Waals surface area contributed by atoms with Crippen LogP contribution in [0.25, 0.3) is 10.9 Å². The molecule has 0 radical (unpaired) electrons. The summed E-state index contributed by atoms with van der Waals surface area (Å²) in [5, 5.41) is 7.97. The van der Waals surface area contributed by atoms with Crippen LogP contribution in [0.4, 0.5) is 5.13 Å². The number of nitrogens with zero attached hydrogens (tertiary/aromatic N) is 2. The largest absolute Gasteiger partial charge is 0.317 e. The van der Waals surface area contributed by atoms with Crippen molar-refractivity contribution in [2.45, 2.75) is 32.6 Å². The molecule has 2 N–H and O–H groups in total. The summed E-state index contributed by atoms with van der Waals surface area (Å²) in [6, 6.07) is 8.00. The molecular formula is C20H23ClN4OS. The molecule has 0 atom stereocenters. The molecule has 1 aliphatic heterocycles. The number of hydrogen-bond acceptors (Lipinski definition) is 5. The average Bonchev–Trinajstić information content (AvgIpc) is 3.10. The summed E-state index contributed by atoms with van der Waals surface area (Å²) >= 11 is 1.58. The van der Waals surface area contributed by atoms with E-state index in [0.29, 0.717) is 16.6 Å². The number of aromatic nitrogens is 2. The van der Waals surface area contributed by atoms with Gasteiger partial charge in [0.15, 0.2) is 5.13 Å². The normalized spacial score (nSPS) is 14.7. The van der Waals surface area contributed by atoms with E-state index in [2.05, 4.69) is 26.7 Å². The van der Waals surface area contributed by atoms with E-state index in [4.69, 9.17) is 0 Å². The highest BCUT2D eigenvalue weighted by atomic mass is 35.5. The van der Waals surface area contributed by atoms with Gasteiger partial charge >= 0.3 is 0 Å². The third-order valence-corrected chi connectivity index (χ3v) is 5.97. The Bertz CT molecular complexity index is 966. The van der Waals surface area contributed by atoms with Gasteiger partial charge in [-0.05, 0) is 63.9 Å². The lowest BCUT2D eigenvalue weighted by molar-refractivity contribution is 0.102. The predicted octanol–water partition coefficient (Wildman–Crippen LogP) is 4.45. The van der Waals surface area contributed by atoms with E-state index >= 15 is 0 Å². The summed E-state index contributed by atoms with van der Waals surface area (Å²) < 4.78 is 0. The number of nitrogens with one attached hydrogen (secondary N) is 2. The molecule has 0 saturated carbocycles. The fraction of sp³-hybridized carbons (Fsp3) is 0.350. The van der Waals surface area contributed by atoms with Crippen LogP contribution < -0.4 is 10.6 Å². The number of rotatable bonds is 3. The zero-order valence-electron chi connectivity index (χ0n) is 15.4. The molecule has 0 unspecified atom stereocenters. The number of pyridine rings is 1. The maximum absolute atomic E-state index is 12.8. The topological polar surface area (TPSA) is 66.9 Å². The summed E-state index contributed by atoms with van der Waals surface area (Å²) in [7, 11) is 0. The average molecular weight is 403 g/mol. The van der Waals surface area contributed by atoms with Gasteiger partial charge in [0.1, 0.15) is 0 Å². The lowest BCUT2D eigenvalue weighted by Gasteiger charge is -2.20. The molecule has 1 aromatic carbocycles. The van der Waals surface area contributed by atoms with Crippen LogP contribution in [0.2, 0.25) is 0 Å². The molecule has 27 heavy (non-hydrogen) atoms. The van der Waals surface area contributed by atoms with Gasteiger partial charge in [-0.25, -0.2) is 4.98 Å². The molecule has 3 aromatic rings. The first kappa shape index (κ1) is 19.7. The minimum Gasteiger partial charge on any atom is -0.317 e. The highest BCUT2D eigenvalue weighted by molar-refractivity contribution is 7.15. The number of piperidine rings is 1. The zero-order valence-corrected chi connectivity index (χ0v) is 17.0. The van der Waals surface area contributed by atoms with Crippen molar-refractivity contribution in [3.8, 4) is 0 Å². The van der Waals surface area contributed by atoms with Crippen molar-refractivity contribution < 1.29 is 4.79 Å². The Kier molecular flexibility index (Phi) is 6.09. The highest BCUT2D eigenvalue weighted by Gasteiger charge is 2.19. The Labute approximate surface area is 169 Å². The van der Waals surface area contributed by atoms with Crippen LogP contribution in [0.15, 0.2) is 30.5 Å². The number of benzene rings is 1. The Hall–Kier alpha value is -2.02. The van der Waals surface area contributed by atoms with Gasteiger partial charge in [-0.1, -0.05) is 11.6 Å². The van der Waals surface area contributed by atoms with Crippen molar-refractivity contribution in [3.05, 3.63) is 52.2 Å². The molecule has 2 aromatic heterocycles. The van der Waals surface area contributed by atoms with Gasteiger partial charge < -0.3 is 5.32 Å². The molecule has 1 aliphatic rings. The Morgan fingerprint density at radius 1 is 1.22 bits per heavy atom. The van der Waals surface area contributed by atoms with Gasteiger partial charge in [0.2, 0.25) is 0 Å². The van der Waals surface area contributed by atoms with E-state index in [1.54, 1.807) is 11.3 Å². The van der Waals surface area contributed by atoms with E-state index < -0.39 is 0 Å². The Morgan fingerprint density at radius 3 is 2.78 bits per heavy atom. The van der Waals surface area contributed by atoms with Crippen molar-refractivity contribution >= 4 is 45.7 Å². The van der Waals surface area contributed by atoms with E-state index in [9.17, 15) is 4.79 Å². The lowest BCUT2D eigenvalue weighted by Crippen LogP contribution is -2.26. The lowest BCUT2D eigenvalue weighted by atomic mass is 9.97. The number of carbonyl (C=O) groups excluding carboxylic acids is 1. The molecule has 142 valence electrons. The van der Waals surface area contributed by atoms with Gasteiger partial charge in [0, 0.05) is 16.5 Å². The van der Waals surface area contributed by atoms with E-state index in [0.717, 1.165) is 48.1 Å². The van der Waals surface area contributed by atoms with Gasteiger partial charge in [-0.3, -0.25) is 15.1 Å². The molecule has 1 amide bonds. The number of hydrogen-bond donors (Lipinski definition) is 2. The fourth-order valence-corrected chi connectivity index (χ4v) is 4.41. The summed E-state index contributed by atoms with van der Waals surface area (Å²) in [6.45, 7) is 6.00. The van der Waals surface area contributed by atoms with Crippen LogP contribution in [-0.4, -0.2) is 29.0 Å². The molecule has 0 bridgehead atoms. The summed E-state index contributed by atoms with van der Waals surface area (Å²) in [4.78, 5) is 23.0. The van der Waals surface area contributed by atoms with E-state index in [1.165, 1.54) is 4.88 Å². The van der Waals surface area contributed by atoms with Crippen LogP contribution in [0.5, 0.6) is 0 Å². The van der Waals surface area contributed by atoms with E-state index in [1.807, 2.05) is 38.2 Å². The highest BCUT2D eigenvalue weighted by Crippen LogP contribution is 2.32. The SMILES string of the molecule is Cc1ccc2nc(C)c(C(=O)Nc3ncc(C4CCNCC4)s3)cc2c1.Cl. The number of fused-ring (bicyclic) bond motifs is 1. The summed E-state index contributed by atoms with van der Waals surface area (Å²) in [6.07, 6.45) is 4.16. The molecule has 0 spiro atoms. The van der Waals surface area contributed by atoms with Crippen molar-refractivity contribution in [2.75, 3.05) is 18.4 Å². The molecule has 1 fully saturated rings. The van der Waals surface area contributed by atoms with Crippen LogP contribution in [0, 0.1) is 13.8 Å². The second-order valence-corrected chi connectivity index (χ2v) is 7.93. The van der Waals surface area contributed by atoms with E-state index in [-0.39, 0.29) is 18.3 Å². The molecule has 5 nitrogen and oxygen atoms in total. The number of aryl methyl sites for hydroxylation is 2. The second-order valence-electron chi connectivity index (χ2n) is 6.86. The van der Waals surface area contributed by atoms with Gasteiger partial charge in [0.05, 0.1) is 16.8 Å². The van der Waals surface area contributed by atoms with Gasteiger partial charge in [-0.2, -0.15) is 0 Å². The fourth-order valence-electron chi connectivity index (χ4n) is 3.43. The number of carbonyl (C=O) groups is 1. The molecule has 4 rings (SSSR count). The Balaban J connectivity index is 0.00000210. The summed E-state index contributed by atoms with van der Waals surface area (Å²) in [5.41, 5.74) is 3.39. The molecule has 0 aliphatic carbocycles.